The molecule has 10 heteroatoms. The molecule has 0 N–H and O–H groups in total. The van der Waals surface area contributed by atoms with Crippen LogP contribution < -0.4 is 14.4 Å². The average molecular weight is 487 g/mol. The minimum absolute atomic E-state index is 0.0539. The van der Waals surface area contributed by atoms with Crippen molar-refractivity contribution in [2.24, 2.45) is 4.99 Å². The van der Waals surface area contributed by atoms with E-state index in [9.17, 15) is 8.42 Å². The summed E-state index contributed by atoms with van der Waals surface area (Å²) < 4.78 is 35.2. The molecule has 2 heterocycles. The number of anilines is 1. The molecule has 0 aliphatic carbocycles. The van der Waals surface area contributed by atoms with Crippen molar-refractivity contribution < 1.29 is 17.9 Å². The van der Waals surface area contributed by atoms with Crippen molar-refractivity contribution in [3.63, 3.8) is 0 Å². The van der Waals surface area contributed by atoms with Crippen LogP contribution in [0.25, 0.3) is 0 Å². The molecule has 0 saturated carbocycles. The summed E-state index contributed by atoms with van der Waals surface area (Å²) in [7, 11) is 0.00445. The largest absolute Gasteiger partial charge is 0.493 e. The van der Waals surface area contributed by atoms with Crippen molar-refractivity contribution in [1.82, 2.24) is 0 Å². The molecular weight excluding hydrogens is 467 g/mol. The fourth-order valence-electron chi connectivity index (χ4n) is 3.72. The second-order valence-corrected chi connectivity index (χ2v) is 10.9. The summed E-state index contributed by atoms with van der Waals surface area (Å²) in [6.45, 7) is 0. The van der Waals surface area contributed by atoms with Gasteiger partial charge in [0.2, 0.25) is 0 Å². The van der Waals surface area contributed by atoms with E-state index in [0.717, 1.165) is 16.4 Å². The van der Waals surface area contributed by atoms with E-state index < -0.39 is 9.84 Å². The monoisotopic (exact) mass is 486 g/mol. The number of methoxy groups -OCH3 is 2. The number of fused-ring (bicyclic) bond motifs is 1. The molecule has 0 aromatic heterocycles. The molecule has 2 aliphatic heterocycles. The average Bonchev–Trinajstić information content (AvgIpc) is 3.18. The molecule has 4 rings (SSSR count). The van der Waals surface area contributed by atoms with Crippen molar-refractivity contribution in [3.8, 4) is 11.5 Å². The van der Waals surface area contributed by atoms with Crippen molar-refractivity contribution >= 4 is 55.7 Å². The maximum absolute atomic E-state index is 12.2. The number of thioether (sulfide) groups is 1. The van der Waals surface area contributed by atoms with Crippen LogP contribution in [0, 0.1) is 0 Å². The number of sulfone groups is 1. The summed E-state index contributed by atoms with van der Waals surface area (Å²) in [5.41, 5.74) is 1.62. The lowest BCUT2D eigenvalue weighted by Crippen LogP contribution is -2.39. The van der Waals surface area contributed by atoms with E-state index in [2.05, 4.69) is 0 Å². The molecule has 0 spiro atoms. The summed E-state index contributed by atoms with van der Waals surface area (Å²) in [5, 5.41) is 1.92. The zero-order chi connectivity index (χ0) is 21.5. The number of hydrogen-bond donors (Lipinski definition) is 0. The maximum atomic E-state index is 12.2. The molecule has 2 aromatic rings. The molecule has 0 radical (unpaired) electrons. The number of benzene rings is 2. The molecule has 0 unspecified atom stereocenters. The Morgan fingerprint density at radius 3 is 2.47 bits per heavy atom. The van der Waals surface area contributed by atoms with Gasteiger partial charge in [-0.2, -0.15) is 0 Å². The van der Waals surface area contributed by atoms with Gasteiger partial charge in [-0.15, -0.1) is 0 Å². The molecular formula is C20H20Cl2N2O4S2. The topological polar surface area (TPSA) is 68.2 Å². The van der Waals surface area contributed by atoms with Crippen LogP contribution in [-0.4, -0.2) is 51.4 Å². The highest BCUT2D eigenvalue weighted by molar-refractivity contribution is 8.13. The molecule has 1 saturated heterocycles. The Bertz CT molecular complexity index is 1090. The summed E-state index contributed by atoms with van der Waals surface area (Å²) >= 11 is 14.1. The van der Waals surface area contributed by atoms with Gasteiger partial charge in [0, 0.05) is 27.6 Å². The number of ether oxygens (including phenoxy) is 2. The first kappa shape index (κ1) is 21.6. The second kappa shape index (κ2) is 8.49. The third kappa shape index (κ3) is 4.10. The maximum Gasteiger partial charge on any atom is 0.164 e. The van der Waals surface area contributed by atoms with Gasteiger partial charge in [0.15, 0.2) is 26.5 Å². The van der Waals surface area contributed by atoms with Crippen molar-refractivity contribution in [2.75, 3.05) is 30.6 Å². The first-order valence-corrected chi connectivity index (χ1v) is 12.7. The van der Waals surface area contributed by atoms with E-state index in [0.29, 0.717) is 27.3 Å². The van der Waals surface area contributed by atoms with Crippen molar-refractivity contribution in [1.29, 1.82) is 0 Å². The Morgan fingerprint density at radius 2 is 1.80 bits per heavy atom. The normalized spacial score (nSPS) is 22.0. The highest BCUT2D eigenvalue weighted by Crippen LogP contribution is 2.40. The van der Waals surface area contributed by atoms with Gasteiger partial charge in [-0.1, -0.05) is 41.0 Å². The summed E-state index contributed by atoms with van der Waals surface area (Å²) in [4.78, 5) is 6.72. The Kier molecular flexibility index (Phi) is 6.12. The number of aliphatic imine (C=N–C) groups is 1. The Morgan fingerprint density at radius 1 is 1.10 bits per heavy atom. The number of halogens is 2. The lowest BCUT2D eigenvalue weighted by atomic mass is 10.1. The lowest BCUT2D eigenvalue weighted by molar-refractivity contribution is 0.355. The summed E-state index contributed by atoms with van der Waals surface area (Å²) in [6.07, 6.45) is 0. The highest BCUT2D eigenvalue weighted by atomic mass is 35.5. The van der Waals surface area contributed by atoms with Crippen LogP contribution in [-0.2, 0) is 15.6 Å². The van der Waals surface area contributed by atoms with E-state index in [1.807, 2.05) is 17.0 Å². The van der Waals surface area contributed by atoms with Gasteiger partial charge in [0.25, 0.3) is 0 Å². The molecule has 0 amide bonds. The van der Waals surface area contributed by atoms with Crippen LogP contribution in [0.4, 0.5) is 5.69 Å². The van der Waals surface area contributed by atoms with Gasteiger partial charge in [-0.25, -0.2) is 8.42 Å². The van der Waals surface area contributed by atoms with Crippen LogP contribution in [0.15, 0.2) is 41.4 Å². The SMILES string of the molecule is COc1ccc(N2C(SCc3c(Cl)cccc3Cl)=N[C@@H]3CS(=O)(=O)C[C@H]32)cc1OC. The predicted octanol–water partition coefficient (Wildman–Crippen LogP) is 4.29. The van der Waals surface area contributed by atoms with Gasteiger partial charge in [-0.05, 0) is 29.8 Å². The minimum Gasteiger partial charge on any atom is -0.493 e. The summed E-state index contributed by atoms with van der Waals surface area (Å²) in [5.74, 6) is 1.81. The quantitative estimate of drug-likeness (QED) is 0.627. The zero-order valence-electron chi connectivity index (χ0n) is 16.3. The molecule has 2 aromatic carbocycles. The third-order valence-electron chi connectivity index (χ3n) is 5.16. The standard InChI is InChI=1S/C20H20Cl2N2O4S2/c1-27-18-7-6-12(8-19(18)28-2)24-17-11-30(25,26)10-16(17)23-20(24)29-9-13-14(21)4-3-5-15(13)22/h3-8,16-17H,9-11H2,1-2H3/t16-,17-/m1/s1. The van der Waals surface area contributed by atoms with Gasteiger partial charge < -0.3 is 14.4 Å². The van der Waals surface area contributed by atoms with E-state index in [-0.39, 0.29) is 23.6 Å². The van der Waals surface area contributed by atoms with Crippen molar-refractivity contribution in [3.05, 3.63) is 52.0 Å². The van der Waals surface area contributed by atoms with Gasteiger partial charge in [-0.3, -0.25) is 4.99 Å². The van der Waals surface area contributed by atoms with E-state index >= 15 is 0 Å². The van der Waals surface area contributed by atoms with Gasteiger partial charge in [0.05, 0.1) is 37.8 Å². The Labute approximate surface area is 190 Å². The molecule has 1 fully saturated rings. The molecule has 160 valence electrons. The van der Waals surface area contributed by atoms with E-state index in [1.54, 1.807) is 38.5 Å². The fourth-order valence-corrected chi connectivity index (χ4v) is 7.43. The fraction of sp³-hybridized carbons (Fsp3) is 0.350. The second-order valence-electron chi connectivity index (χ2n) is 7.02. The molecule has 2 aliphatic rings. The molecule has 6 nitrogen and oxygen atoms in total. The Balaban J connectivity index is 1.68. The minimum atomic E-state index is -3.14. The van der Waals surface area contributed by atoms with E-state index in [1.165, 1.54) is 11.8 Å². The van der Waals surface area contributed by atoms with E-state index in [4.69, 9.17) is 37.7 Å². The van der Waals surface area contributed by atoms with Crippen molar-refractivity contribution in [2.45, 2.75) is 17.8 Å². The van der Waals surface area contributed by atoms with Gasteiger partial charge >= 0.3 is 0 Å². The van der Waals surface area contributed by atoms with Crippen LogP contribution in [0.5, 0.6) is 11.5 Å². The number of rotatable bonds is 5. The number of hydrogen-bond acceptors (Lipinski definition) is 7. The summed E-state index contributed by atoms with van der Waals surface area (Å²) in [6, 6.07) is 10.4. The lowest BCUT2D eigenvalue weighted by Gasteiger charge is -2.27. The van der Waals surface area contributed by atoms with Crippen LogP contribution in [0.3, 0.4) is 0 Å². The number of nitrogens with zero attached hydrogens (tertiary/aromatic N) is 2. The van der Waals surface area contributed by atoms with Gasteiger partial charge in [0.1, 0.15) is 0 Å². The molecule has 30 heavy (non-hydrogen) atoms. The Hall–Kier alpha value is -1.61. The van der Waals surface area contributed by atoms with Crippen LogP contribution in [0.2, 0.25) is 10.0 Å². The van der Waals surface area contributed by atoms with Crippen LogP contribution in [0.1, 0.15) is 5.56 Å². The predicted molar refractivity (Wildman–Crippen MR) is 123 cm³/mol. The smallest absolute Gasteiger partial charge is 0.164 e. The highest BCUT2D eigenvalue weighted by Gasteiger charge is 2.47. The third-order valence-corrected chi connectivity index (χ3v) is 8.56. The first-order valence-electron chi connectivity index (χ1n) is 9.18. The molecule has 2 atom stereocenters. The zero-order valence-corrected chi connectivity index (χ0v) is 19.5. The molecule has 0 bridgehead atoms. The first-order chi connectivity index (χ1) is 14.3. The van der Waals surface area contributed by atoms with Crippen LogP contribution >= 0.6 is 35.0 Å². The number of amidine groups is 1.